The van der Waals surface area contributed by atoms with Crippen molar-refractivity contribution in [1.82, 2.24) is 5.32 Å². The average molecular weight is 403 g/mol. The van der Waals surface area contributed by atoms with Crippen LogP contribution >= 0.6 is 11.8 Å². The summed E-state index contributed by atoms with van der Waals surface area (Å²) in [4.78, 5) is 17.3. The van der Waals surface area contributed by atoms with E-state index in [0.29, 0.717) is 29.5 Å². The van der Waals surface area contributed by atoms with Crippen molar-refractivity contribution in [2.24, 2.45) is 10.9 Å². The largest absolute Gasteiger partial charge is 0.379 e. The third kappa shape index (κ3) is 4.23. The average Bonchev–Trinajstić information content (AvgIpc) is 2.76. The van der Waals surface area contributed by atoms with Gasteiger partial charge in [0, 0.05) is 29.4 Å². The van der Waals surface area contributed by atoms with Gasteiger partial charge in [-0.3, -0.25) is 4.79 Å². The van der Waals surface area contributed by atoms with Crippen molar-refractivity contribution < 1.29 is 13.9 Å². The van der Waals surface area contributed by atoms with Crippen LogP contribution in [0.15, 0.2) is 53.1 Å². The maximum absolute atomic E-state index is 14.6. The SMILES string of the molecule is CC.O=C(NC1=N[C@@]2(c3ccccc3F)COCCC2CS1)C1=CCCC=C1. The molecule has 1 amide bonds. The number of benzene rings is 1. The second kappa shape index (κ2) is 9.52. The normalized spacial score (nSPS) is 26.2. The molecule has 4 rings (SSSR count). The fourth-order valence-corrected chi connectivity index (χ4v) is 4.93. The first-order valence-electron chi connectivity index (χ1n) is 9.92. The van der Waals surface area contributed by atoms with Crippen molar-refractivity contribution in [2.45, 2.75) is 38.6 Å². The van der Waals surface area contributed by atoms with E-state index in [1.165, 1.54) is 17.8 Å². The molecule has 2 heterocycles. The summed E-state index contributed by atoms with van der Waals surface area (Å²) in [6.45, 7) is 5.00. The van der Waals surface area contributed by atoms with Crippen molar-refractivity contribution in [1.29, 1.82) is 0 Å². The van der Waals surface area contributed by atoms with Crippen LogP contribution in [0.25, 0.3) is 0 Å². The van der Waals surface area contributed by atoms with Gasteiger partial charge in [0.15, 0.2) is 5.17 Å². The molecule has 1 fully saturated rings. The standard InChI is InChI=1S/C20H21FN2O2S.C2H6/c21-17-9-5-4-8-16(17)20-13-25-11-10-15(20)12-26-19(23-20)22-18(24)14-6-2-1-3-7-14;1-2/h2,4-9,15H,1,3,10-13H2,(H,22,23,24);1-2H3/t15?,20-;/m0./s1. The van der Waals surface area contributed by atoms with E-state index in [9.17, 15) is 9.18 Å². The molecule has 0 saturated carbocycles. The van der Waals surface area contributed by atoms with Gasteiger partial charge in [0.1, 0.15) is 11.4 Å². The summed E-state index contributed by atoms with van der Waals surface area (Å²) in [5.41, 5.74) is 0.434. The molecule has 2 atom stereocenters. The second-order valence-corrected chi connectivity index (χ2v) is 7.77. The van der Waals surface area contributed by atoms with Crippen molar-refractivity contribution in [3.63, 3.8) is 0 Å². The zero-order valence-corrected chi connectivity index (χ0v) is 17.2. The van der Waals surface area contributed by atoms with E-state index in [-0.39, 0.29) is 17.6 Å². The minimum absolute atomic E-state index is 0.161. The smallest absolute Gasteiger partial charge is 0.256 e. The van der Waals surface area contributed by atoms with Gasteiger partial charge in [-0.05, 0) is 25.3 Å². The highest BCUT2D eigenvalue weighted by molar-refractivity contribution is 8.13. The molecule has 0 spiro atoms. The fraction of sp³-hybridized carbons (Fsp3) is 0.455. The number of carbonyl (C=O) groups excluding carboxylic acids is 1. The predicted octanol–water partition coefficient (Wildman–Crippen LogP) is 4.58. The Hall–Kier alpha value is -1.92. The lowest BCUT2D eigenvalue weighted by Crippen LogP contribution is -2.49. The minimum Gasteiger partial charge on any atom is -0.379 e. The number of allylic oxidation sites excluding steroid dienone is 2. The summed E-state index contributed by atoms with van der Waals surface area (Å²) < 4.78 is 20.3. The van der Waals surface area contributed by atoms with Crippen LogP contribution in [-0.2, 0) is 15.1 Å². The molecule has 0 bridgehead atoms. The lowest BCUT2D eigenvalue weighted by molar-refractivity contribution is -0.115. The number of amidine groups is 1. The molecule has 150 valence electrons. The Labute approximate surface area is 170 Å². The van der Waals surface area contributed by atoms with Gasteiger partial charge in [0.2, 0.25) is 0 Å². The van der Waals surface area contributed by atoms with Crippen molar-refractivity contribution >= 4 is 22.8 Å². The highest BCUT2D eigenvalue weighted by Crippen LogP contribution is 2.45. The van der Waals surface area contributed by atoms with Gasteiger partial charge in [-0.1, -0.05) is 62.0 Å². The zero-order valence-electron chi connectivity index (χ0n) is 16.4. The monoisotopic (exact) mass is 402 g/mol. The minimum atomic E-state index is -0.770. The number of nitrogens with zero attached hydrogens (tertiary/aromatic N) is 1. The highest BCUT2D eigenvalue weighted by Gasteiger charge is 2.47. The van der Waals surface area contributed by atoms with Crippen molar-refractivity contribution in [3.05, 3.63) is 59.4 Å². The summed E-state index contributed by atoms with van der Waals surface area (Å²) in [7, 11) is 0. The Morgan fingerprint density at radius 1 is 1.32 bits per heavy atom. The summed E-state index contributed by atoms with van der Waals surface area (Å²) >= 11 is 1.53. The van der Waals surface area contributed by atoms with Crippen LogP contribution < -0.4 is 5.32 Å². The lowest BCUT2D eigenvalue weighted by atomic mass is 9.76. The summed E-state index contributed by atoms with van der Waals surface area (Å²) in [6.07, 6.45) is 8.43. The van der Waals surface area contributed by atoms with Crippen LogP contribution in [-0.4, -0.2) is 30.0 Å². The molecule has 1 aromatic carbocycles. The van der Waals surface area contributed by atoms with Gasteiger partial charge in [-0.25, -0.2) is 9.38 Å². The van der Waals surface area contributed by atoms with Crippen LogP contribution in [0.4, 0.5) is 4.39 Å². The highest BCUT2D eigenvalue weighted by atomic mass is 32.2. The topological polar surface area (TPSA) is 50.7 Å². The summed E-state index contributed by atoms with van der Waals surface area (Å²) in [6, 6.07) is 6.75. The number of carbonyl (C=O) groups is 1. The number of halogens is 1. The first-order chi connectivity index (χ1) is 13.7. The Kier molecular flexibility index (Phi) is 7.08. The third-order valence-corrected chi connectivity index (χ3v) is 6.18. The van der Waals surface area contributed by atoms with Gasteiger partial charge in [0.05, 0.1) is 6.61 Å². The van der Waals surface area contributed by atoms with E-state index in [1.807, 2.05) is 38.1 Å². The van der Waals surface area contributed by atoms with Gasteiger partial charge in [-0.15, -0.1) is 0 Å². The molecule has 1 aromatic rings. The molecule has 0 radical (unpaired) electrons. The van der Waals surface area contributed by atoms with Crippen LogP contribution in [0.1, 0.15) is 38.7 Å². The molecule has 1 N–H and O–H groups in total. The van der Waals surface area contributed by atoms with E-state index in [4.69, 9.17) is 9.73 Å². The van der Waals surface area contributed by atoms with Crippen molar-refractivity contribution in [2.75, 3.05) is 19.0 Å². The van der Waals surface area contributed by atoms with Gasteiger partial charge < -0.3 is 10.1 Å². The fourth-order valence-electron chi connectivity index (χ4n) is 3.73. The number of amides is 1. The number of aliphatic imine (C=N–C) groups is 1. The molecule has 6 heteroatoms. The van der Waals surface area contributed by atoms with Crippen LogP contribution in [0.5, 0.6) is 0 Å². The van der Waals surface area contributed by atoms with Gasteiger partial charge in [0.25, 0.3) is 5.91 Å². The van der Waals surface area contributed by atoms with E-state index in [1.54, 1.807) is 12.1 Å². The maximum Gasteiger partial charge on any atom is 0.256 e. The molecule has 0 aromatic heterocycles. The Balaban J connectivity index is 0.00000109. The molecular formula is C22H27FN2O2S. The molecule has 1 aliphatic carbocycles. The van der Waals surface area contributed by atoms with Crippen LogP contribution in [0.3, 0.4) is 0 Å². The number of thioether (sulfide) groups is 1. The van der Waals surface area contributed by atoms with Crippen LogP contribution in [0.2, 0.25) is 0 Å². The summed E-state index contributed by atoms with van der Waals surface area (Å²) in [5.74, 6) is 0.534. The number of rotatable bonds is 2. The Morgan fingerprint density at radius 3 is 2.89 bits per heavy atom. The molecule has 1 saturated heterocycles. The number of fused-ring (bicyclic) bond motifs is 1. The van der Waals surface area contributed by atoms with E-state index in [2.05, 4.69) is 5.32 Å². The molecule has 4 nitrogen and oxygen atoms in total. The van der Waals surface area contributed by atoms with Crippen molar-refractivity contribution in [3.8, 4) is 0 Å². The Bertz CT molecular complexity index is 805. The molecule has 3 aliphatic rings. The van der Waals surface area contributed by atoms with Crippen LogP contribution in [0, 0.1) is 11.7 Å². The van der Waals surface area contributed by atoms with Gasteiger partial charge in [-0.2, -0.15) is 0 Å². The molecule has 1 unspecified atom stereocenters. The third-order valence-electron chi connectivity index (χ3n) is 5.15. The molecule has 28 heavy (non-hydrogen) atoms. The van der Waals surface area contributed by atoms with Gasteiger partial charge >= 0.3 is 0 Å². The first-order valence-corrected chi connectivity index (χ1v) is 10.9. The maximum atomic E-state index is 14.6. The number of nitrogens with one attached hydrogen (secondary N) is 1. The summed E-state index contributed by atoms with van der Waals surface area (Å²) in [5, 5.41) is 3.45. The lowest BCUT2D eigenvalue weighted by Gasteiger charge is -2.44. The number of hydrogen-bond acceptors (Lipinski definition) is 4. The molecule has 2 aliphatic heterocycles. The quantitative estimate of drug-likeness (QED) is 0.788. The number of hydrogen-bond donors (Lipinski definition) is 1. The van der Waals surface area contributed by atoms with E-state index < -0.39 is 5.54 Å². The second-order valence-electron chi connectivity index (χ2n) is 6.76. The van der Waals surface area contributed by atoms with E-state index >= 15 is 0 Å². The number of ether oxygens (including phenoxy) is 1. The predicted molar refractivity (Wildman–Crippen MR) is 113 cm³/mol. The molecular weight excluding hydrogens is 375 g/mol. The van der Waals surface area contributed by atoms with E-state index in [0.717, 1.165) is 25.0 Å². The first kappa shape index (κ1) is 20.8. The zero-order chi connectivity index (χ0) is 20.0. The Morgan fingerprint density at radius 2 is 2.14 bits per heavy atom.